The molecular formula is C14H14F2N2O. The van der Waals surface area contributed by atoms with E-state index in [-0.39, 0.29) is 5.56 Å². The van der Waals surface area contributed by atoms with Gasteiger partial charge in [-0.1, -0.05) is 6.07 Å². The lowest BCUT2D eigenvalue weighted by atomic mass is 9.99. The predicted molar refractivity (Wildman–Crippen MR) is 67.9 cm³/mol. The minimum Gasteiger partial charge on any atom is -0.495 e. The van der Waals surface area contributed by atoms with Crippen LogP contribution < -0.4 is 10.5 Å². The van der Waals surface area contributed by atoms with Crippen LogP contribution in [0.4, 0.5) is 8.78 Å². The van der Waals surface area contributed by atoms with Gasteiger partial charge in [-0.25, -0.2) is 8.78 Å². The summed E-state index contributed by atoms with van der Waals surface area (Å²) in [4.78, 5) is 4.05. The second kappa shape index (κ2) is 5.32. The van der Waals surface area contributed by atoms with E-state index in [2.05, 4.69) is 4.98 Å². The van der Waals surface area contributed by atoms with Crippen LogP contribution in [0.15, 0.2) is 30.5 Å². The highest BCUT2D eigenvalue weighted by molar-refractivity contribution is 5.39. The summed E-state index contributed by atoms with van der Waals surface area (Å²) in [5, 5.41) is 0. The van der Waals surface area contributed by atoms with Crippen molar-refractivity contribution in [3.63, 3.8) is 0 Å². The predicted octanol–water partition coefficient (Wildman–Crippen LogP) is 2.72. The van der Waals surface area contributed by atoms with Crippen LogP contribution in [-0.2, 0) is 0 Å². The van der Waals surface area contributed by atoms with Crippen molar-refractivity contribution < 1.29 is 13.5 Å². The van der Waals surface area contributed by atoms with E-state index in [0.717, 1.165) is 0 Å². The van der Waals surface area contributed by atoms with Gasteiger partial charge in [0.2, 0.25) is 0 Å². The molecule has 100 valence electrons. The standard InChI is InChI=1S/C14H14F2N2O/c1-8-5-6-9(15)11(12(8)16)13(17)14-10(19-2)4-3-7-18-14/h3-7,13H,17H2,1-2H3. The molecule has 5 heteroatoms. The van der Waals surface area contributed by atoms with E-state index in [1.54, 1.807) is 19.1 Å². The lowest BCUT2D eigenvalue weighted by Crippen LogP contribution is -2.18. The largest absolute Gasteiger partial charge is 0.495 e. The molecule has 1 heterocycles. The van der Waals surface area contributed by atoms with Gasteiger partial charge in [-0.15, -0.1) is 0 Å². The minimum absolute atomic E-state index is 0.197. The van der Waals surface area contributed by atoms with Crippen molar-refractivity contribution in [2.24, 2.45) is 5.73 Å². The topological polar surface area (TPSA) is 48.1 Å². The Morgan fingerprint density at radius 3 is 2.68 bits per heavy atom. The summed E-state index contributed by atoms with van der Waals surface area (Å²) in [5.41, 5.74) is 6.38. The van der Waals surface area contributed by atoms with Gasteiger partial charge in [0.15, 0.2) is 0 Å². The molecule has 0 bridgehead atoms. The Balaban J connectivity index is 2.56. The van der Waals surface area contributed by atoms with Crippen molar-refractivity contribution in [2.75, 3.05) is 7.11 Å². The summed E-state index contributed by atoms with van der Waals surface area (Å²) < 4.78 is 33.0. The normalized spacial score (nSPS) is 12.3. The number of nitrogens with zero attached hydrogens (tertiary/aromatic N) is 1. The number of aryl methyl sites for hydroxylation is 1. The van der Waals surface area contributed by atoms with Crippen molar-refractivity contribution in [2.45, 2.75) is 13.0 Å². The molecule has 0 radical (unpaired) electrons. The third kappa shape index (κ3) is 2.42. The number of ether oxygens (including phenoxy) is 1. The number of aromatic nitrogens is 1. The number of nitrogens with two attached hydrogens (primary N) is 1. The summed E-state index contributed by atoms with van der Waals surface area (Å²) in [6.07, 6.45) is 1.50. The van der Waals surface area contributed by atoms with E-state index in [9.17, 15) is 8.78 Å². The van der Waals surface area contributed by atoms with E-state index in [1.165, 1.54) is 25.4 Å². The highest BCUT2D eigenvalue weighted by atomic mass is 19.1. The molecule has 1 aromatic heterocycles. The van der Waals surface area contributed by atoms with E-state index >= 15 is 0 Å². The lowest BCUT2D eigenvalue weighted by Gasteiger charge is -2.17. The molecule has 0 saturated carbocycles. The maximum atomic E-state index is 14.0. The molecule has 1 aromatic carbocycles. The summed E-state index contributed by atoms with van der Waals surface area (Å²) in [6.45, 7) is 1.56. The molecule has 0 aliphatic heterocycles. The maximum absolute atomic E-state index is 14.0. The third-order valence-corrected chi connectivity index (χ3v) is 2.94. The van der Waals surface area contributed by atoms with Gasteiger partial charge in [-0.2, -0.15) is 0 Å². The number of methoxy groups -OCH3 is 1. The molecule has 0 spiro atoms. The van der Waals surface area contributed by atoms with Gasteiger partial charge in [0, 0.05) is 11.8 Å². The molecule has 0 saturated heterocycles. The average molecular weight is 264 g/mol. The molecule has 0 fully saturated rings. The molecule has 2 rings (SSSR count). The number of hydrogen-bond acceptors (Lipinski definition) is 3. The first kappa shape index (κ1) is 13.4. The zero-order valence-electron chi connectivity index (χ0n) is 10.7. The van der Waals surface area contributed by atoms with Crippen molar-refractivity contribution >= 4 is 0 Å². The Bertz CT molecular complexity index is 602. The van der Waals surface area contributed by atoms with Crippen LogP contribution in [0.1, 0.15) is 22.9 Å². The molecule has 2 aromatic rings. The van der Waals surface area contributed by atoms with Crippen molar-refractivity contribution in [3.8, 4) is 5.75 Å². The monoisotopic (exact) mass is 264 g/mol. The van der Waals surface area contributed by atoms with Crippen LogP contribution in [0.25, 0.3) is 0 Å². The summed E-state index contributed by atoms with van der Waals surface area (Å²) in [6, 6.07) is 4.86. The fourth-order valence-electron chi connectivity index (χ4n) is 1.91. The molecule has 0 amide bonds. The Hall–Kier alpha value is -2.01. The van der Waals surface area contributed by atoms with Gasteiger partial charge >= 0.3 is 0 Å². The molecule has 0 aliphatic carbocycles. The van der Waals surface area contributed by atoms with Gasteiger partial charge in [-0.05, 0) is 30.7 Å². The summed E-state index contributed by atoms with van der Waals surface area (Å²) in [5.74, 6) is -0.946. The summed E-state index contributed by atoms with van der Waals surface area (Å²) >= 11 is 0. The van der Waals surface area contributed by atoms with E-state index in [1.807, 2.05) is 0 Å². The molecule has 19 heavy (non-hydrogen) atoms. The smallest absolute Gasteiger partial charge is 0.142 e. The fourth-order valence-corrected chi connectivity index (χ4v) is 1.91. The van der Waals surface area contributed by atoms with Gasteiger partial charge in [-0.3, -0.25) is 4.98 Å². The quantitative estimate of drug-likeness (QED) is 0.927. The van der Waals surface area contributed by atoms with Crippen LogP contribution in [-0.4, -0.2) is 12.1 Å². The highest BCUT2D eigenvalue weighted by Gasteiger charge is 2.23. The maximum Gasteiger partial charge on any atom is 0.142 e. The second-order valence-corrected chi connectivity index (χ2v) is 4.16. The number of rotatable bonds is 3. The third-order valence-electron chi connectivity index (χ3n) is 2.94. The molecule has 0 aliphatic rings. The molecule has 1 unspecified atom stereocenters. The van der Waals surface area contributed by atoms with Gasteiger partial charge in [0.05, 0.1) is 13.2 Å². The van der Waals surface area contributed by atoms with Crippen LogP contribution in [0, 0.1) is 18.6 Å². The van der Waals surface area contributed by atoms with Crippen molar-refractivity contribution in [1.82, 2.24) is 4.98 Å². The van der Waals surface area contributed by atoms with E-state index < -0.39 is 17.7 Å². The first-order valence-corrected chi connectivity index (χ1v) is 5.75. The van der Waals surface area contributed by atoms with E-state index in [4.69, 9.17) is 10.5 Å². The zero-order chi connectivity index (χ0) is 14.0. The molecule has 2 N–H and O–H groups in total. The SMILES string of the molecule is COc1cccnc1C(N)c1c(F)ccc(C)c1F. The Labute approximate surface area is 110 Å². The zero-order valence-corrected chi connectivity index (χ0v) is 10.7. The molecule has 3 nitrogen and oxygen atoms in total. The highest BCUT2D eigenvalue weighted by Crippen LogP contribution is 2.30. The minimum atomic E-state index is -1.02. The van der Waals surface area contributed by atoms with Crippen LogP contribution in [0.2, 0.25) is 0 Å². The lowest BCUT2D eigenvalue weighted by molar-refractivity contribution is 0.403. The molecule has 1 atom stereocenters. The van der Waals surface area contributed by atoms with Gasteiger partial charge in [0.25, 0.3) is 0 Å². The first-order chi connectivity index (χ1) is 9.06. The van der Waals surface area contributed by atoms with Crippen LogP contribution in [0.3, 0.4) is 0 Å². The molecular weight excluding hydrogens is 250 g/mol. The van der Waals surface area contributed by atoms with Gasteiger partial charge < -0.3 is 10.5 Å². The Morgan fingerprint density at radius 2 is 2.00 bits per heavy atom. The van der Waals surface area contributed by atoms with Gasteiger partial charge in [0.1, 0.15) is 23.1 Å². The Morgan fingerprint density at radius 1 is 1.26 bits per heavy atom. The van der Waals surface area contributed by atoms with Crippen molar-refractivity contribution in [3.05, 3.63) is 58.9 Å². The number of halogens is 2. The van der Waals surface area contributed by atoms with Crippen LogP contribution >= 0.6 is 0 Å². The fraction of sp³-hybridized carbons (Fsp3) is 0.214. The number of benzene rings is 1. The number of pyridine rings is 1. The second-order valence-electron chi connectivity index (χ2n) is 4.16. The van der Waals surface area contributed by atoms with E-state index in [0.29, 0.717) is 17.0 Å². The first-order valence-electron chi connectivity index (χ1n) is 5.75. The van der Waals surface area contributed by atoms with Crippen molar-refractivity contribution in [1.29, 1.82) is 0 Å². The average Bonchev–Trinajstić information content (AvgIpc) is 2.43. The Kier molecular flexibility index (Phi) is 3.76. The van der Waals surface area contributed by atoms with Crippen LogP contribution in [0.5, 0.6) is 5.75 Å². The summed E-state index contributed by atoms with van der Waals surface area (Å²) in [7, 11) is 1.45. The number of hydrogen-bond donors (Lipinski definition) is 1.